The number of hydrogen-bond donors (Lipinski definition) is 2. The Morgan fingerprint density at radius 2 is 1.34 bits per heavy atom. The summed E-state index contributed by atoms with van der Waals surface area (Å²) >= 11 is 0. The fourth-order valence-corrected chi connectivity index (χ4v) is 3.61. The van der Waals surface area contributed by atoms with E-state index in [0.717, 1.165) is 31.2 Å². The molecule has 0 heterocycles. The third-order valence-electron chi connectivity index (χ3n) is 5.41. The molecule has 0 bridgehead atoms. The second kappa shape index (κ2) is 17.5. The van der Waals surface area contributed by atoms with E-state index in [1.54, 1.807) is 0 Å². The molecule has 0 aromatic heterocycles. The van der Waals surface area contributed by atoms with Gasteiger partial charge in [0.1, 0.15) is 0 Å². The van der Waals surface area contributed by atoms with Crippen molar-refractivity contribution in [2.45, 2.75) is 116 Å². The standard InChI is InChI=1S/C25H42O4/c1-22(26)15-11-8-6-4-2-3-5-7-9-14-18-24(19-20-25(27)28)29-21-23-16-12-10-13-17-23/h10,12-13,16-17,22,24,26H,2-9,11,14-15,18-21H2,1H3,(H,27,28). The van der Waals surface area contributed by atoms with E-state index in [4.69, 9.17) is 9.84 Å². The van der Waals surface area contributed by atoms with Gasteiger partial charge in [-0.2, -0.15) is 0 Å². The monoisotopic (exact) mass is 406 g/mol. The molecule has 1 aromatic rings. The van der Waals surface area contributed by atoms with Gasteiger partial charge in [-0.1, -0.05) is 94.5 Å². The van der Waals surface area contributed by atoms with Crippen LogP contribution in [0.2, 0.25) is 0 Å². The summed E-state index contributed by atoms with van der Waals surface area (Å²) in [6.07, 6.45) is 15.0. The fraction of sp³-hybridized carbons (Fsp3) is 0.720. The molecular weight excluding hydrogens is 364 g/mol. The zero-order valence-electron chi connectivity index (χ0n) is 18.4. The van der Waals surface area contributed by atoms with Crippen LogP contribution in [0, 0.1) is 0 Å². The molecule has 1 rings (SSSR count). The molecule has 0 saturated heterocycles. The van der Waals surface area contributed by atoms with Crippen molar-refractivity contribution in [3.05, 3.63) is 35.9 Å². The number of ether oxygens (including phenoxy) is 1. The first kappa shape index (κ1) is 25.6. The van der Waals surface area contributed by atoms with Crippen LogP contribution in [-0.4, -0.2) is 28.4 Å². The van der Waals surface area contributed by atoms with Crippen molar-refractivity contribution >= 4 is 5.97 Å². The third-order valence-corrected chi connectivity index (χ3v) is 5.41. The highest BCUT2D eigenvalue weighted by Crippen LogP contribution is 2.17. The molecule has 0 spiro atoms. The average Bonchev–Trinajstić information content (AvgIpc) is 2.70. The molecule has 0 amide bonds. The quantitative estimate of drug-likeness (QED) is 0.257. The Morgan fingerprint density at radius 3 is 1.86 bits per heavy atom. The molecule has 29 heavy (non-hydrogen) atoms. The molecule has 4 heteroatoms. The number of unbranched alkanes of at least 4 members (excludes halogenated alkanes) is 9. The normalized spacial score (nSPS) is 13.3. The predicted octanol–water partition coefficient (Wildman–Crippen LogP) is 6.50. The lowest BCUT2D eigenvalue weighted by molar-refractivity contribution is -0.138. The first-order chi connectivity index (χ1) is 14.1. The van der Waals surface area contributed by atoms with Crippen LogP contribution in [0.4, 0.5) is 0 Å². The van der Waals surface area contributed by atoms with Gasteiger partial charge < -0.3 is 14.9 Å². The van der Waals surface area contributed by atoms with Crippen LogP contribution in [0.15, 0.2) is 30.3 Å². The number of aliphatic hydroxyl groups is 1. The molecule has 2 N–H and O–H groups in total. The number of aliphatic carboxylic acids is 1. The number of carbonyl (C=O) groups is 1. The maximum Gasteiger partial charge on any atom is 0.303 e. The van der Waals surface area contributed by atoms with Crippen LogP contribution in [0.5, 0.6) is 0 Å². The third kappa shape index (κ3) is 16.1. The van der Waals surface area contributed by atoms with E-state index in [2.05, 4.69) is 0 Å². The number of aliphatic hydroxyl groups excluding tert-OH is 1. The molecule has 2 unspecified atom stereocenters. The van der Waals surface area contributed by atoms with Crippen molar-refractivity contribution in [2.24, 2.45) is 0 Å². The van der Waals surface area contributed by atoms with Crippen LogP contribution < -0.4 is 0 Å². The smallest absolute Gasteiger partial charge is 0.303 e. The lowest BCUT2D eigenvalue weighted by Crippen LogP contribution is -2.15. The van der Waals surface area contributed by atoms with E-state index < -0.39 is 5.97 Å². The molecule has 0 fully saturated rings. The summed E-state index contributed by atoms with van der Waals surface area (Å²) in [5.74, 6) is -0.746. The summed E-state index contributed by atoms with van der Waals surface area (Å²) < 4.78 is 6.01. The van der Waals surface area contributed by atoms with Crippen molar-refractivity contribution in [3.8, 4) is 0 Å². The maximum absolute atomic E-state index is 10.9. The van der Waals surface area contributed by atoms with Gasteiger partial charge in [0.05, 0.1) is 18.8 Å². The second-order valence-electron chi connectivity index (χ2n) is 8.31. The first-order valence-corrected chi connectivity index (χ1v) is 11.6. The minimum absolute atomic E-state index is 0.0351. The molecule has 0 aliphatic rings. The van der Waals surface area contributed by atoms with E-state index in [0.29, 0.717) is 13.0 Å². The van der Waals surface area contributed by atoms with E-state index >= 15 is 0 Å². The van der Waals surface area contributed by atoms with Crippen LogP contribution >= 0.6 is 0 Å². The van der Waals surface area contributed by atoms with Crippen molar-refractivity contribution in [2.75, 3.05) is 0 Å². The van der Waals surface area contributed by atoms with Gasteiger partial charge in [-0.25, -0.2) is 0 Å². The molecular formula is C25H42O4. The molecule has 166 valence electrons. The van der Waals surface area contributed by atoms with Gasteiger partial charge >= 0.3 is 5.97 Å². The minimum atomic E-state index is -0.746. The van der Waals surface area contributed by atoms with Crippen LogP contribution in [-0.2, 0) is 16.1 Å². The van der Waals surface area contributed by atoms with Crippen LogP contribution in [0.3, 0.4) is 0 Å². The lowest BCUT2D eigenvalue weighted by Gasteiger charge is -2.17. The molecule has 0 aliphatic heterocycles. The maximum atomic E-state index is 10.9. The summed E-state index contributed by atoms with van der Waals surface area (Å²) in [5.41, 5.74) is 1.14. The van der Waals surface area contributed by atoms with Crippen molar-refractivity contribution in [1.82, 2.24) is 0 Å². The fourth-order valence-electron chi connectivity index (χ4n) is 3.61. The minimum Gasteiger partial charge on any atom is -0.481 e. The van der Waals surface area contributed by atoms with E-state index in [-0.39, 0.29) is 18.6 Å². The van der Waals surface area contributed by atoms with E-state index in [1.165, 1.54) is 51.4 Å². The zero-order chi connectivity index (χ0) is 21.2. The number of hydrogen-bond acceptors (Lipinski definition) is 3. The van der Waals surface area contributed by atoms with Gasteiger partial charge in [0, 0.05) is 6.42 Å². The number of carboxylic acids is 1. The van der Waals surface area contributed by atoms with Gasteiger partial charge in [-0.3, -0.25) is 4.79 Å². The lowest BCUT2D eigenvalue weighted by atomic mass is 10.0. The summed E-state index contributed by atoms with van der Waals surface area (Å²) in [6, 6.07) is 10.1. The summed E-state index contributed by atoms with van der Waals surface area (Å²) in [7, 11) is 0. The Hall–Kier alpha value is -1.39. The molecule has 0 radical (unpaired) electrons. The van der Waals surface area contributed by atoms with Gasteiger partial charge in [0.25, 0.3) is 0 Å². The predicted molar refractivity (Wildman–Crippen MR) is 119 cm³/mol. The van der Waals surface area contributed by atoms with Gasteiger partial charge in [-0.15, -0.1) is 0 Å². The zero-order valence-corrected chi connectivity index (χ0v) is 18.4. The molecule has 4 nitrogen and oxygen atoms in total. The van der Waals surface area contributed by atoms with Crippen LogP contribution in [0.25, 0.3) is 0 Å². The van der Waals surface area contributed by atoms with Crippen molar-refractivity contribution in [3.63, 3.8) is 0 Å². The summed E-state index contributed by atoms with van der Waals surface area (Å²) in [4.78, 5) is 10.9. The van der Waals surface area contributed by atoms with Gasteiger partial charge in [-0.05, 0) is 31.7 Å². The molecule has 0 saturated carbocycles. The average molecular weight is 407 g/mol. The van der Waals surface area contributed by atoms with Gasteiger partial charge in [0.2, 0.25) is 0 Å². The Labute approximate surface area is 177 Å². The largest absolute Gasteiger partial charge is 0.481 e. The summed E-state index contributed by atoms with van der Waals surface area (Å²) in [5, 5.41) is 18.2. The molecule has 1 aromatic carbocycles. The van der Waals surface area contributed by atoms with Gasteiger partial charge in [0.15, 0.2) is 0 Å². The number of rotatable bonds is 19. The molecule has 2 atom stereocenters. The van der Waals surface area contributed by atoms with Crippen LogP contribution in [0.1, 0.15) is 102 Å². The highest BCUT2D eigenvalue weighted by atomic mass is 16.5. The Bertz CT molecular complexity index is 501. The van der Waals surface area contributed by atoms with E-state index in [9.17, 15) is 9.90 Å². The second-order valence-corrected chi connectivity index (χ2v) is 8.31. The van der Waals surface area contributed by atoms with E-state index in [1.807, 2.05) is 37.3 Å². The van der Waals surface area contributed by atoms with Crippen molar-refractivity contribution in [1.29, 1.82) is 0 Å². The Morgan fingerprint density at radius 1 is 0.828 bits per heavy atom. The number of carboxylic acid groups (broad SMARTS) is 1. The summed E-state index contributed by atoms with van der Waals surface area (Å²) in [6.45, 7) is 2.42. The first-order valence-electron chi connectivity index (χ1n) is 11.6. The molecule has 0 aliphatic carbocycles. The highest BCUT2D eigenvalue weighted by Gasteiger charge is 2.11. The number of benzene rings is 1. The Balaban J connectivity index is 2.04. The topological polar surface area (TPSA) is 66.8 Å². The van der Waals surface area contributed by atoms with Crippen molar-refractivity contribution < 1.29 is 19.7 Å². The Kier molecular flexibility index (Phi) is 15.4. The SMILES string of the molecule is CC(O)CCCCCCCCCCCCC(CCC(=O)O)OCc1ccccc1. The highest BCUT2D eigenvalue weighted by molar-refractivity contribution is 5.66.